The quantitative estimate of drug-likeness (QED) is 0.707. The molecular formula is C22H23N3O4. The maximum absolute atomic E-state index is 12.8. The fourth-order valence-electron chi connectivity index (χ4n) is 3.28. The molecule has 29 heavy (non-hydrogen) atoms. The molecule has 1 heterocycles. The van der Waals surface area contributed by atoms with Gasteiger partial charge in [-0.3, -0.25) is 24.6 Å². The Balaban J connectivity index is 1.70. The Hall–Kier alpha value is -3.48. The monoisotopic (exact) mass is 393 g/mol. The minimum atomic E-state index is -1.04. The van der Waals surface area contributed by atoms with Crippen molar-refractivity contribution in [3.05, 3.63) is 71.3 Å². The van der Waals surface area contributed by atoms with Crippen molar-refractivity contribution in [1.82, 2.24) is 15.5 Å². The van der Waals surface area contributed by atoms with Crippen LogP contribution < -0.4 is 10.6 Å². The molecule has 2 N–H and O–H groups in total. The Bertz CT molecular complexity index is 892. The van der Waals surface area contributed by atoms with E-state index in [9.17, 15) is 19.2 Å². The molecule has 0 radical (unpaired) electrons. The molecule has 0 aliphatic carbocycles. The van der Waals surface area contributed by atoms with Crippen LogP contribution in [0.15, 0.2) is 54.6 Å². The molecule has 1 aliphatic rings. The van der Waals surface area contributed by atoms with E-state index in [-0.39, 0.29) is 17.7 Å². The van der Waals surface area contributed by atoms with Gasteiger partial charge in [0.05, 0.1) is 11.1 Å². The van der Waals surface area contributed by atoms with Gasteiger partial charge in [-0.2, -0.15) is 0 Å². The second-order valence-electron chi connectivity index (χ2n) is 6.84. The first-order chi connectivity index (χ1) is 14.0. The van der Waals surface area contributed by atoms with Gasteiger partial charge in [0.2, 0.25) is 0 Å². The van der Waals surface area contributed by atoms with E-state index in [1.807, 2.05) is 37.3 Å². The lowest BCUT2D eigenvalue weighted by atomic mass is 10.1. The Morgan fingerprint density at radius 1 is 0.931 bits per heavy atom. The normalized spacial score (nSPS) is 13.8. The van der Waals surface area contributed by atoms with Crippen LogP contribution in [-0.2, 0) is 11.3 Å². The molecule has 7 heteroatoms. The molecule has 1 aliphatic heterocycles. The van der Waals surface area contributed by atoms with Crippen LogP contribution in [0.1, 0.15) is 52.5 Å². The van der Waals surface area contributed by atoms with Gasteiger partial charge in [-0.1, -0.05) is 62.2 Å². The van der Waals surface area contributed by atoms with Gasteiger partial charge in [0.1, 0.15) is 6.04 Å². The average Bonchev–Trinajstić information content (AvgIpc) is 2.99. The highest BCUT2D eigenvalue weighted by molar-refractivity contribution is 6.23. The summed E-state index contributed by atoms with van der Waals surface area (Å²) in [6.07, 6.45) is 1.71. The maximum Gasteiger partial charge on any atom is 0.321 e. The molecular weight excluding hydrogens is 370 g/mol. The third-order valence-electron chi connectivity index (χ3n) is 4.80. The topological polar surface area (TPSA) is 95.6 Å². The standard InChI is InChI=1S/C22H23N3O4/c1-2-3-13-18(25-20(27)16-11-7-8-12-17(16)21(25)28)19(26)24-22(29)23-14-15-9-5-4-6-10-15/h4-12,18H,2-3,13-14H2,1H3,(H2,23,24,26,29)/t18-/m0/s1. The van der Waals surface area contributed by atoms with Crippen molar-refractivity contribution in [1.29, 1.82) is 0 Å². The van der Waals surface area contributed by atoms with E-state index in [1.54, 1.807) is 24.3 Å². The molecule has 0 unspecified atom stereocenters. The Kier molecular flexibility index (Phi) is 6.39. The van der Waals surface area contributed by atoms with Gasteiger partial charge in [-0.25, -0.2) is 4.79 Å². The summed E-state index contributed by atoms with van der Waals surface area (Å²) >= 11 is 0. The lowest BCUT2D eigenvalue weighted by Gasteiger charge is -2.25. The number of fused-ring (bicyclic) bond motifs is 1. The fourth-order valence-corrected chi connectivity index (χ4v) is 3.28. The molecule has 5 amide bonds. The molecule has 150 valence electrons. The number of carbonyl (C=O) groups excluding carboxylic acids is 4. The predicted molar refractivity (Wildman–Crippen MR) is 107 cm³/mol. The third kappa shape index (κ3) is 4.51. The zero-order chi connectivity index (χ0) is 20.8. The van der Waals surface area contributed by atoms with Crippen LogP contribution in [0.4, 0.5) is 4.79 Å². The Labute approximate surface area is 169 Å². The van der Waals surface area contributed by atoms with Gasteiger partial charge < -0.3 is 5.32 Å². The number of rotatable bonds is 7. The summed E-state index contributed by atoms with van der Waals surface area (Å²) in [7, 11) is 0. The number of benzene rings is 2. The van der Waals surface area contributed by atoms with Crippen LogP contribution in [0.3, 0.4) is 0 Å². The first kappa shape index (κ1) is 20.3. The van der Waals surface area contributed by atoms with Gasteiger partial charge in [-0.15, -0.1) is 0 Å². The number of imide groups is 2. The molecule has 0 spiro atoms. The van der Waals surface area contributed by atoms with Crippen LogP contribution in [0.25, 0.3) is 0 Å². The first-order valence-electron chi connectivity index (χ1n) is 9.62. The number of urea groups is 1. The molecule has 7 nitrogen and oxygen atoms in total. The summed E-state index contributed by atoms with van der Waals surface area (Å²) in [5.74, 6) is -1.68. The maximum atomic E-state index is 12.8. The molecule has 2 aromatic rings. The molecule has 3 rings (SSSR count). The van der Waals surface area contributed by atoms with Crippen molar-refractivity contribution in [2.24, 2.45) is 0 Å². The number of hydrogen-bond acceptors (Lipinski definition) is 4. The number of nitrogens with zero attached hydrogens (tertiary/aromatic N) is 1. The predicted octanol–water partition coefficient (Wildman–Crippen LogP) is 2.87. The van der Waals surface area contributed by atoms with Crippen molar-refractivity contribution < 1.29 is 19.2 Å². The van der Waals surface area contributed by atoms with Gasteiger partial charge in [-0.05, 0) is 24.1 Å². The smallest absolute Gasteiger partial charge is 0.321 e. The molecule has 0 saturated carbocycles. The zero-order valence-corrected chi connectivity index (χ0v) is 16.2. The zero-order valence-electron chi connectivity index (χ0n) is 16.2. The number of hydrogen-bond donors (Lipinski definition) is 2. The summed E-state index contributed by atoms with van der Waals surface area (Å²) in [5.41, 5.74) is 1.44. The average molecular weight is 393 g/mol. The third-order valence-corrected chi connectivity index (χ3v) is 4.80. The van der Waals surface area contributed by atoms with Crippen LogP contribution in [0, 0.1) is 0 Å². The Morgan fingerprint density at radius 2 is 1.52 bits per heavy atom. The highest BCUT2D eigenvalue weighted by Crippen LogP contribution is 2.26. The summed E-state index contributed by atoms with van der Waals surface area (Å²) in [6, 6.07) is 14.0. The van der Waals surface area contributed by atoms with Crippen LogP contribution in [-0.4, -0.2) is 34.7 Å². The molecule has 0 fully saturated rings. The minimum Gasteiger partial charge on any atom is -0.334 e. The lowest BCUT2D eigenvalue weighted by molar-refractivity contribution is -0.124. The largest absolute Gasteiger partial charge is 0.334 e. The van der Waals surface area contributed by atoms with Crippen LogP contribution >= 0.6 is 0 Å². The van der Waals surface area contributed by atoms with E-state index in [0.717, 1.165) is 16.9 Å². The summed E-state index contributed by atoms with van der Waals surface area (Å²) in [4.78, 5) is 51.4. The highest BCUT2D eigenvalue weighted by Gasteiger charge is 2.42. The lowest BCUT2D eigenvalue weighted by Crippen LogP contribution is -2.52. The SMILES string of the molecule is CCCC[C@@H](C(=O)NC(=O)NCc1ccccc1)N1C(=O)c2ccccc2C1=O. The van der Waals surface area contributed by atoms with Gasteiger partial charge >= 0.3 is 6.03 Å². The molecule has 0 aromatic heterocycles. The molecule has 1 atom stereocenters. The number of amides is 5. The van der Waals surface area contributed by atoms with Gasteiger partial charge in [0, 0.05) is 6.54 Å². The molecule has 0 bridgehead atoms. The summed E-state index contributed by atoms with van der Waals surface area (Å²) in [5, 5.41) is 4.88. The van der Waals surface area contributed by atoms with Gasteiger partial charge in [0.15, 0.2) is 0 Å². The van der Waals surface area contributed by atoms with E-state index >= 15 is 0 Å². The van der Waals surface area contributed by atoms with Gasteiger partial charge in [0.25, 0.3) is 17.7 Å². The molecule has 0 saturated heterocycles. The van der Waals surface area contributed by atoms with Crippen LogP contribution in [0.2, 0.25) is 0 Å². The second-order valence-corrected chi connectivity index (χ2v) is 6.84. The number of unbranched alkanes of at least 4 members (excludes halogenated alkanes) is 1. The highest BCUT2D eigenvalue weighted by atomic mass is 16.2. The Morgan fingerprint density at radius 3 is 2.10 bits per heavy atom. The van der Waals surface area contributed by atoms with E-state index in [1.165, 1.54) is 0 Å². The molecule has 2 aromatic carbocycles. The van der Waals surface area contributed by atoms with Crippen molar-refractivity contribution in [3.63, 3.8) is 0 Å². The van der Waals surface area contributed by atoms with Crippen molar-refractivity contribution in [2.45, 2.75) is 38.8 Å². The van der Waals surface area contributed by atoms with E-state index in [0.29, 0.717) is 12.8 Å². The van der Waals surface area contributed by atoms with Crippen LogP contribution in [0.5, 0.6) is 0 Å². The first-order valence-corrected chi connectivity index (χ1v) is 9.62. The van der Waals surface area contributed by atoms with Crippen molar-refractivity contribution in [2.75, 3.05) is 0 Å². The van der Waals surface area contributed by atoms with E-state index in [4.69, 9.17) is 0 Å². The number of nitrogens with one attached hydrogen (secondary N) is 2. The second kappa shape index (κ2) is 9.14. The summed E-state index contributed by atoms with van der Waals surface area (Å²) in [6.45, 7) is 2.20. The fraction of sp³-hybridized carbons (Fsp3) is 0.273. The van der Waals surface area contributed by atoms with Crippen molar-refractivity contribution in [3.8, 4) is 0 Å². The summed E-state index contributed by atoms with van der Waals surface area (Å²) < 4.78 is 0. The van der Waals surface area contributed by atoms with E-state index < -0.39 is 29.8 Å². The van der Waals surface area contributed by atoms with Crippen molar-refractivity contribution >= 4 is 23.8 Å². The van der Waals surface area contributed by atoms with E-state index in [2.05, 4.69) is 10.6 Å². The number of carbonyl (C=O) groups is 4. The minimum absolute atomic E-state index is 0.257.